The molecule has 1 N–H and O–H groups in total. The van der Waals surface area contributed by atoms with E-state index in [1.165, 1.54) is 35.1 Å². The average molecular weight is 295 g/mol. The fourth-order valence-electron chi connectivity index (χ4n) is 2.65. The van der Waals surface area contributed by atoms with Gasteiger partial charge in [0, 0.05) is 35.8 Å². The molecule has 0 spiro atoms. The highest BCUT2D eigenvalue weighted by Crippen LogP contribution is 2.34. The molecular weight excluding hydrogens is 276 g/mol. The Kier molecular flexibility index (Phi) is 3.14. The van der Waals surface area contributed by atoms with E-state index in [2.05, 4.69) is 51.3 Å². The maximum atomic E-state index is 3.66. The van der Waals surface area contributed by atoms with E-state index in [1.54, 1.807) is 0 Å². The SMILES string of the molecule is Cc1cc(N2CCNC(C3CC3)C2)ccc1Br. The number of hydrogen-bond acceptors (Lipinski definition) is 2. The summed E-state index contributed by atoms with van der Waals surface area (Å²) in [6.07, 6.45) is 2.84. The van der Waals surface area contributed by atoms with Gasteiger partial charge in [-0.1, -0.05) is 15.9 Å². The van der Waals surface area contributed by atoms with Crippen molar-refractivity contribution >= 4 is 21.6 Å². The van der Waals surface area contributed by atoms with Gasteiger partial charge in [-0.3, -0.25) is 0 Å². The van der Waals surface area contributed by atoms with Crippen molar-refractivity contribution in [3.63, 3.8) is 0 Å². The lowest BCUT2D eigenvalue weighted by molar-refractivity contribution is 0.419. The third-order valence-corrected chi connectivity index (χ3v) is 4.79. The third kappa shape index (κ3) is 2.50. The monoisotopic (exact) mass is 294 g/mol. The van der Waals surface area contributed by atoms with E-state index in [4.69, 9.17) is 0 Å². The summed E-state index contributed by atoms with van der Waals surface area (Å²) >= 11 is 3.57. The molecule has 2 aliphatic rings. The number of rotatable bonds is 2. The van der Waals surface area contributed by atoms with Crippen molar-refractivity contribution in [2.75, 3.05) is 24.5 Å². The summed E-state index contributed by atoms with van der Waals surface area (Å²) in [6, 6.07) is 7.40. The van der Waals surface area contributed by atoms with Gasteiger partial charge in [0.2, 0.25) is 0 Å². The molecule has 17 heavy (non-hydrogen) atoms. The van der Waals surface area contributed by atoms with Gasteiger partial charge in [0.25, 0.3) is 0 Å². The number of piperazine rings is 1. The van der Waals surface area contributed by atoms with Gasteiger partial charge in [-0.15, -0.1) is 0 Å². The first-order valence-electron chi connectivity index (χ1n) is 6.48. The molecule has 1 saturated heterocycles. The van der Waals surface area contributed by atoms with E-state index >= 15 is 0 Å². The average Bonchev–Trinajstić information content (AvgIpc) is 3.17. The summed E-state index contributed by atoms with van der Waals surface area (Å²) in [7, 11) is 0. The zero-order chi connectivity index (χ0) is 11.8. The van der Waals surface area contributed by atoms with Crippen LogP contribution in [-0.2, 0) is 0 Å². The first kappa shape index (κ1) is 11.5. The first-order valence-corrected chi connectivity index (χ1v) is 7.28. The highest BCUT2D eigenvalue weighted by atomic mass is 79.9. The van der Waals surface area contributed by atoms with E-state index in [1.807, 2.05) is 0 Å². The van der Waals surface area contributed by atoms with Crippen LogP contribution >= 0.6 is 15.9 Å². The Morgan fingerprint density at radius 1 is 1.35 bits per heavy atom. The van der Waals surface area contributed by atoms with E-state index in [0.717, 1.165) is 19.0 Å². The predicted octanol–water partition coefficient (Wildman–Crippen LogP) is 2.95. The minimum atomic E-state index is 0.715. The van der Waals surface area contributed by atoms with Crippen LogP contribution in [0, 0.1) is 12.8 Å². The van der Waals surface area contributed by atoms with Gasteiger partial charge in [0.05, 0.1) is 0 Å². The molecule has 1 aliphatic carbocycles. The predicted molar refractivity (Wildman–Crippen MR) is 75.6 cm³/mol. The van der Waals surface area contributed by atoms with Gasteiger partial charge >= 0.3 is 0 Å². The molecule has 0 radical (unpaired) electrons. The highest BCUT2D eigenvalue weighted by Gasteiger charge is 2.33. The van der Waals surface area contributed by atoms with Crippen molar-refractivity contribution in [1.29, 1.82) is 0 Å². The quantitative estimate of drug-likeness (QED) is 0.902. The van der Waals surface area contributed by atoms with Crippen LogP contribution in [0.25, 0.3) is 0 Å². The van der Waals surface area contributed by atoms with Crippen LogP contribution in [0.15, 0.2) is 22.7 Å². The molecule has 1 aliphatic heterocycles. The molecule has 3 rings (SSSR count). The summed E-state index contributed by atoms with van der Waals surface area (Å²) in [6.45, 7) is 5.58. The van der Waals surface area contributed by atoms with Crippen LogP contribution in [0.1, 0.15) is 18.4 Å². The molecule has 1 atom stereocenters. The van der Waals surface area contributed by atoms with E-state index < -0.39 is 0 Å². The van der Waals surface area contributed by atoms with Gasteiger partial charge < -0.3 is 10.2 Å². The van der Waals surface area contributed by atoms with Crippen LogP contribution in [0.3, 0.4) is 0 Å². The maximum absolute atomic E-state index is 3.66. The first-order chi connectivity index (χ1) is 8.24. The highest BCUT2D eigenvalue weighted by molar-refractivity contribution is 9.10. The Hall–Kier alpha value is -0.540. The van der Waals surface area contributed by atoms with Crippen LogP contribution in [0.2, 0.25) is 0 Å². The molecule has 2 nitrogen and oxygen atoms in total. The van der Waals surface area contributed by atoms with Crippen LogP contribution < -0.4 is 10.2 Å². The molecule has 92 valence electrons. The maximum Gasteiger partial charge on any atom is 0.0370 e. The molecule has 1 heterocycles. The van der Waals surface area contributed by atoms with Gasteiger partial charge in [0.15, 0.2) is 0 Å². The Balaban J connectivity index is 1.75. The third-order valence-electron chi connectivity index (χ3n) is 3.90. The number of nitrogens with zero attached hydrogens (tertiary/aromatic N) is 1. The zero-order valence-electron chi connectivity index (χ0n) is 10.2. The van der Waals surface area contributed by atoms with Crippen LogP contribution in [-0.4, -0.2) is 25.7 Å². The Morgan fingerprint density at radius 2 is 2.18 bits per heavy atom. The van der Waals surface area contributed by atoms with Crippen molar-refractivity contribution in [1.82, 2.24) is 5.32 Å². The minimum Gasteiger partial charge on any atom is -0.369 e. The van der Waals surface area contributed by atoms with Gasteiger partial charge in [-0.25, -0.2) is 0 Å². The van der Waals surface area contributed by atoms with E-state index in [0.29, 0.717) is 6.04 Å². The van der Waals surface area contributed by atoms with Crippen molar-refractivity contribution in [3.05, 3.63) is 28.2 Å². The largest absolute Gasteiger partial charge is 0.369 e. The second-order valence-corrected chi connectivity index (χ2v) is 6.13. The molecule has 1 unspecified atom stereocenters. The summed E-state index contributed by atoms with van der Waals surface area (Å²) < 4.78 is 1.20. The number of aryl methyl sites for hydroxylation is 1. The lowest BCUT2D eigenvalue weighted by Gasteiger charge is -2.35. The van der Waals surface area contributed by atoms with E-state index in [-0.39, 0.29) is 0 Å². The summed E-state index contributed by atoms with van der Waals surface area (Å²) in [5.74, 6) is 0.939. The molecule has 3 heteroatoms. The van der Waals surface area contributed by atoms with Crippen molar-refractivity contribution in [2.45, 2.75) is 25.8 Å². The number of nitrogens with one attached hydrogen (secondary N) is 1. The summed E-state index contributed by atoms with van der Waals surface area (Å²) in [5, 5.41) is 3.66. The van der Waals surface area contributed by atoms with Crippen molar-refractivity contribution in [3.8, 4) is 0 Å². The normalized spacial score (nSPS) is 25.1. The molecule has 1 aromatic rings. The van der Waals surface area contributed by atoms with Crippen molar-refractivity contribution in [2.24, 2.45) is 5.92 Å². The molecule has 0 bridgehead atoms. The second kappa shape index (κ2) is 4.62. The number of anilines is 1. The fraction of sp³-hybridized carbons (Fsp3) is 0.571. The molecule has 0 amide bonds. The lowest BCUT2D eigenvalue weighted by Crippen LogP contribution is -2.51. The van der Waals surface area contributed by atoms with Gasteiger partial charge in [-0.2, -0.15) is 0 Å². The smallest absolute Gasteiger partial charge is 0.0370 e. The standard InChI is InChI=1S/C14H19BrN2/c1-10-8-12(4-5-13(10)15)17-7-6-16-14(9-17)11-2-3-11/h4-5,8,11,14,16H,2-3,6-7,9H2,1H3. The fourth-order valence-corrected chi connectivity index (χ4v) is 2.90. The van der Waals surface area contributed by atoms with Gasteiger partial charge in [0.1, 0.15) is 0 Å². The second-order valence-electron chi connectivity index (χ2n) is 5.28. The Morgan fingerprint density at radius 3 is 2.88 bits per heavy atom. The lowest BCUT2D eigenvalue weighted by atomic mass is 10.1. The van der Waals surface area contributed by atoms with Crippen molar-refractivity contribution < 1.29 is 0 Å². The summed E-state index contributed by atoms with van der Waals surface area (Å²) in [4.78, 5) is 2.53. The molecule has 2 fully saturated rings. The van der Waals surface area contributed by atoms with E-state index in [9.17, 15) is 0 Å². The van der Waals surface area contributed by atoms with Crippen LogP contribution in [0.4, 0.5) is 5.69 Å². The number of benzene rings is 1. The number of halogens is 1. The van der Waals surface area contributed by atoms with Crippen LogP contribution in [0.5, 0.6) is 0 Å². The molecular formula is C14H19BrN2. The molecule has 1 aromatic carbocycles. The Labute approximate surface area is 112 Å². The molecule has 0 aromatic heterocycles. The Bertz CT molecular complexity index is 415. The topological polar surface area (TPSA) is 15.3 Å². The zero-order valence-corrected chi connectivity index (χ0v) is 11.8. The molecule has 1 saturated carbocycles. The minimum absolute atomic E-state index is 0.715. The summed E-state index contributed by atoms with van der Waals surface area (Å²) in [5.41, 5.74) is 2.70. The van der Waals surface area contributed by atoms with Gasteiger partial charge in [-0.05, 0) is 49.4 Å². The number of hydrogen-bond donors (Lipinski definition) is 1.